The minimum Gasteiger partial charge on any atom is -0.497 e. The largest absolute Gasteiger partial charge is 0.497 e. The fourth-order valence-corrected chi connectivity index (χ4v) is 6.15. The summed E-state index contributed by atoms with van der Waals surface area (Å²) in [6.07, 6.45) is 2.02. The molecule has 0 aliphatic heterocycles. The number of rotatable bonds is 16. The van der Waals surface area contributed by atoms with Gasteiger partial charge in [0.2, 0.25) is 11.8 Å². The molecular formula is C33H43N3O7S. The molecule has 3 aromatic carbocycles. The summed E-state index contributed by atoms with van der Waals surface area (Å²) < 4.78 is 45.8. The number of hydrogen-bond acceptors (Lipinski definition) is 7. The molecule has 0 aliphatic rings. The lowest BCUT2D eigenvalue weighted by molar-refractivity contribution is -0.140. The minimum atomic E-state index is -4.28. The molecule has 0 radical (unpaired) electrons. The molecule has 10 nitrogen and oxygen atoms in total. The molecule has 0 spiro atoms. The highest BCUT2D eigenvalue weighted by atomic mass is 32.2. The van der Waals surface area contributed by atoms with E-state index in [2.05, 4.69) is 5.32 Å². The third-order valence-corrected chi connectivity index (χ3v) is 9.02. The number of nitrogens with zero attached hydrogens (tertiary/aromatic N) is 2. The molecule has 2 amide bonds. The molecular weight excluding hydrogens is 582 g/mol. The highest BCUT2D eigenvalue weighted by molar-refractivity contribution is 7.92. The molecule has 0 bridgehead atoms. The molecule has 0 heterocycles. The average molecular weight is 626 g/mol. The number of nitrogens with one attached hydrogen (secondary N) is 1. The van der Waals surface area contributed by atoms with Gasteiger partial charge in [0.05, 0.1) is 31.9 Å². The number of carbonyl (C=O) groups excluding carboxylic acids is 2. The van der Waals surface area contributed by atoms with Crippen LogP contribution in [-0.2, 0) is 26.2 Å². The van der Waals surface area contributed by atoms with Crippen molar-refractivity contribution in [1.29, 1.82) is 0 Å². The van der Waals surface area contributed by atoms with E-state index in [0.717, 1.165) is 28.3 Å². The SMILES string of the molecule is CCCCNC(=O)[C@H](CC)N(Cc1cccc(OC)c1)C(=O)CN(c1cc(OC)ccc1OC)S(=O)(=O)c1ccc(C)cc1. The summed E-state index contributed by atoms with van der Waals surface area (Å²) in [4.78, 5) is 29.2. The van der Waals surface area contributed by atoms with Crippen LogP contribution in [0, 0.1) is 6.92 Å². The molecule has 3 rings (SSSR count). The lowest BCUT2D eigenvalue weighted by Crippen LogP contribution is -2.52. The van der Waals surface area contributed by atoms with Gasteiger partial charge in [0, 0.05) is 19.2 Å². The van der Waals surface area contributed by atoms with Gasteiger partial charge in [0.1, 0.15) is 29.8 Å². The number of amides is 2. The topological polar surface area (TPSA) is 114 Å². The number of ether oxygens (including phenoxy) is 3. The van der Waals surface area contributed by atoms with E-state index in [1.807, 2.05) is 26.8 Å². The van der Waals surface area contributed by atoms with Crippen molar-refractivity contribution in [2.75, 3.05) is 38.7 Å². The van der Waals surface area contributed by atoms with E-state index in [-0.39, 0.29) is 28.8 Å². The zero-order valence-electron chi connectivity index (χ0n) is 26.3. The second-order valence-electron chi connectivity index (χ2n) is 10.3. The van der Waals surface area contributed by atoms with Crippen molar-refractivity contribution in [3.05, 3.63) is 77.9 Å². The lowest BCUT2D eigenvalue weighted by atomic mass is 10.1. The Morgan fingerprint density at radius 3 is 2.18 bits per heavy atom. The molecule has 0 saturated carbocycles. The summed E-state index contributed by atoms with van der Waals surface area (Å²) >= 11 is 0. The molecule has 44 heavy (non-hydrogen) atoms. The van der Waals surface area contributed by atoms with E-state index in [9.17, 15) is 18.0 Å². The van der Waals surface area contributed by atoms with Gasteiger partial charge in [-0.05, 0) is 61.7 Å². The van der Waals surface area contributed by atoms with E-state index in [4.69, 9.17) is 14.2 Å². The molecule has 0 saturated heterocycles. The van der Waals surface area contributed by atoms with Crippen molar-refractivity contribution in [2.45, 2.75) is 57.5 Å². The average Bonchev–Trinajstić information content (AvgIpc) is 3.03. The first-order valence-electron chi connectivity index (χ1n) is 14.6. The van der Waals surface area contributed by atoms with Crippen LogP contribution in [0.3, 0.4) is 0 Å². The monoisotopic (exact) mass is 625 g/mol. The van der Waals surface area contributed by atoms with Crippen LogP contribution < -0.4 is 23.8 Å². The first-order valence-corrected chi connectivity index (χ1v) is 16.0. The van der Waals surface area contributed by atoms with Crippen LogP contribution in [0.15, 0.2) is 71.6 Å². The van der Waals surface area contributed by atoms with Crippen molar-refractivity contribution < 1.29 is 32.2 Å². The Morgan fingerprint density at radius 2 is 1.57 bits per heavy atom. The van der Waals surface area contributed by atoms with E-state index in [1.165, 1.54) is 37.3 Å². The van der Waals surface area contributed by atoms with E-state index < -0.39 is 28.5 Å². The van der Waals surface area contributed by atoms with Crippen LogP contribution in [0.4, 0.5) is 5.69 Å². The number of hydrogen-bond donors (Lipinski definition) is 1. The smallest absolute Gasteiger partial charge is 0.264 e. The number of unbranched alkanes of at least 4 members (excludes halogenated alkanes) is 1. The summed E-state index contributed by atoms with van der Waals surface area (Å²) in [6, 6.07) is 17.5. The Labute approximate surface area is 261 Å². The van der Waals surface area contributed by atoms with Gasteiger partial charge < -0.3 is 24.4 Å². The van der Waals surface area contributed by atoms with Gasteiger partial charge >= 0.3 is 0 Å². The van der Waals surface area contributed by atoms with Gasteiger partial charge in [-0.15, -0.1) is 0 Å². The second kappa shape index (κ2) is 16.0. The van der Waals surface area contributed by atoms with Crippen molar-refractivity contribution in [2.24, 2.45) is 0 Å². The summed E-state index contributed by atoms with van der Waals surface area (Å²) in [5, 5.41) is 2.93. The Hall–Kier alpha value is -4.25. The maximum Gasteiger partial charge on any atom is 0.264 e. The molecule has 1 N–H and O–H groups in total. The maximum absolute atomic E-state index is 14.3. The van der Waals surface area contributed by atoms with Crippen molar-refractivity contribution in [1.82, 2.24) is 10.2 Å². The Kier molecular flexibility index (Phi) is 12.5. The Balaban J connectivity index is 2.13. The van der Waals surface area contributed by atoms with Crippen LogP contribution in [0.5, 0.6) is 17.2 Å². The molecule has 0 fully saturated rings. The highest BCUT2D eigenvalue weighted by Crippen LogP contribution is 2.36. The molecule has 0 unspecified atom stereocenters. The molecule has 0 aromatic heterocycles. The van der Waals surface area contributed by atoms with Gasteiger partial charge in [-0.25, -0.2) is 8.42 Å². The normalized spacial score (nSPS) is 11.8. The van der Waals surface area contributed by atoms with Gasteiger partial charge in [-0.2, -0.15) is 0 Å². The van der Waals surface area contributed by atoms with E-state index in [0.29, 0.717) is 24.5 Å². The summed E-state index contributed by atoms with van der Waals surface area (Å²) in [5.41, 5.74) is 1.74. The van der Waals surface area contributed by atoms with Crippen LogP contribution in [0.1, 0.15) is 44.2 Å². The van der Waals surface area contributed by atoms with Crippen molar-refractivity contribution in [3.8, 4) is 17.2 Å². The molecule has 1 atom stereocenters. The van der Waals surface area contributed by atoms with Gasteiger partial charge in [-0.3, -0.25) is 13.9 Å². The Morgan fingerprint density at radius 1 is 0.886 bits per heavy atom. The van der Waals surface area contributed by atoms with Crippen LogP contribution in [0.2, 0.25) is 0 Å². The predicted molar refractivity (Wildman–Crippen MR) is 171 cm³/mol. The van der Waals surface area contributed by atoms with Crippen LogP contribution in [-0.4, -0.2) is 65.6 Å². The number of anilines is 1. The standard InChI is InChI=1S/C33H43N3O7S/c1-7-9-19-34-33(38)29(8-2)35(22-25-11-10-12-26(20-25)41-4)32(37)23-36(30-21-27(42-5)15-18-31(30)43-6)44(39,40)28-16-13-24(3)14-17-28/h10-18,20-21,29H,7-9,19,22-23H2,1-6H3,(H,34,38)/t29-/m0/s1. The van der Waals surface area contributed by atoms with Crippen LogP contribution >= 0.6 is 0 Å². The summed E-state index contributed by atoms with van der Waals surface area (Å²) in [7, 11) is 0.158. The van der Waals surface area contributed by atoms with E-state index in [1.54, 1.807) is 49.6 Å². The fraction of sp³-hybridized carbons (Fsp3) is 0.394. The van der Waals surface area contributed by atoms with Crippen molar-refractivity contribution >= 4 is 27.5 Å². The third kappa shape index (κ3) is 8.43. The van der Waals surface area contributed by atoms with Crippen LogP contribution in [0.25, 0.3) is 0 Å². The summed E-state index contributed by atoms with van der Waals surface area (Å²) in [6.45, 7) is 5.64. The highest BCUT2D eigenvalue weighted by Gasteiger charge is 2.35. The molecule has 238 valence electrons. The zero-order valence-corrected chi connectivity index (χ0v) is 27.1. The van der Waals surface area contributed by atoms with Gasteiger partial charge in [-0.1, -0.05) is 50.1 Å². The number of carbonyl (C=O) groups is 2. The molecule has 3 aromatic rings. The number of aryl methyl sites for hydroxylation is 1. The quantitative estimate of drug-likeness (QED) is 0.224. The fourth-order valence-electron chi connectivity index (χ4n) is 4.74. The number of benzene rings is 3. The first-order chi connectivity index (χ1) is 21.1. The van der Waals surface area contributed by atoms with Gasteiger partial charge in [0.15, 0.2) is 0 Å². The predicted octanol–water partition coefficient (Wildman–Crippen LogP) is 4.94. The van der Waals surface area contributed by atoms with E-state index >= 15 is 0 Å². The first kappa shape index (κ1) is 34.2. The van der Waals surface area contributed by atoms with Crippen molar-refractivity contribution in [3.63, 3.8) is 0 Å². The number of sulfonamides is 1. The van der Waals surface area contributed by atoms with Gasteiger partial charge in [0.25, 0.3) is 10.0 Å². The molecule has 0 aliphatic carbocycles. The second-order valence-corrected chi connectivity index (χ2v) is 12.2. The Bertz CT molecular complexity index is 1510. The molecule has 11 heteroatoms. The zero-order chi connectivity index (χ0) is 32.3. The lowest BCUT2D eigenvalue weighted by Gasteiger charge is -2.33. The minimum absolute atomic E-state index is 0.00414. The summed E-state index contributed by atoms with van der Waals surface area (Å²) in [5.74, 6) is 0.348. The third-order valence-electron chi connectivity index (χ3n) is 7.25. The number of methoxy groups -OCH3 is 3. The maximum atomic E-state index is 14.3.